The van der Waals surface area contributed by atoms with E-state index in [9.17, 15) is 10.2 Å². The fourth-order valence-electron chi connectivity index (χ4n) is 1.85. The summed E-state index contributed by atoms with van der Waals surface area (Å²) in [5.74, 6) is 0.164. The lowest BCUT2D eigenvalue weighted by molar-refractivity contribution is 0.446. The SMILES string of the molecule is CC(NCc1ccccc1)c1cc(O)cc(O)c1. The van der Waals surface area contributed by atoms with Crippen LogP contribution in [0.25, 0.3) is 0 Å². The second kappa shape index (κ2) is 5.56. The average Bonchev–Trinajstić information content (AvgIpc) is 2.36. The van der Waals surface area contributed by atoms with Gasteiger partial charge in [-0.3, -0.25) is 0 Å². The topological polar surface area (TPSA) is 52.5 Å². The van der Waals surface area contributed by atoms with Gasteiger partial charge in [-0.25, -0.2) is 0 Å². The van der Waals surface area contributed by atoms with Crippen LogP contribution >= 0.6 is 0 Å². The van der Waals surface area contributed by atoms with Gasteiger partial charge in [-0.05, 0) is 30.2 Å². The fraction of sp³-hybridized carbons (Fsp3) is 0.200. The monoisotopic (exact) mass is 243 g/mol. The van der Waals surface area contributed by atoms with Gasteiger partial charge in [-0.15, -0.1) is 0 Å². The second-order valence-electron chi connectivity index (χ2n) is 4.37. The Labute approximate surface area is 107 Å². The summed E-state index contributed by atoms with van der Waals surface area (Å²) in [5, 5.41) is 22.2. The number of hydrogen-bond acceptors (Lipinski definition) is 3. The molecule has 0 saturated carbocycles. The Morgan fingerprint density at radius 2 is 1.61 bits per heavy atom. The summed E-state index contributed by atoms with van der Waals surface area (Å²) in [6, 6.07) is 14.8. The van der Waals surface area contributed by atoms with Crippen molar-refractivity contribution in [3.05, 3.63) is 59.7 Å². The minimum atomic E-state index is 0.0585. The molecule has 0 aliphatic rings. The van der Waals surface area contributed by atoms with E-state index in [0.29, 0.717) is 0 Å². The molecule has 2 aromatic rings. The van der Waals surface area contributed by atoms with Crippen molar-refractivity contribution in [3.8, 4) is 11.5 Å². The number of rotatable bonds is 4. The van der Waals surface area contributed by atoms with Crippen LogP contribution in [0, 0.1) is 0 Å². The van der Waals surface area contributed by atoms with Gasteiger partial charge in [0.2, 0.25) is 0 Å². The van der Waals surface area contributed by atoms with Gasteiger partial charge in [0.15, 0.2) is 0 Å². The van der Waals surface area contributed by atoms with E-state index in [1.54, 1.807) is 12.1 Å². The molecule has 94 valence electrons. The summed E-state index contributed by atoms with van der Waals surface area (Å²) in [7, 11) is 0. The van der Waals surface area contributed by atoms with Crippen molar-refractivity contribution in [2.24, 2.45) is 0 Å². The van der Waals surface area contributed by atoms with Crippen LogP contribution < -0.4 is 5.32 Å². The van der Waals surface area contributed by atoms with Gasteiger partial charge >= 0.3 is 0 Å². The van der Waals surface area contributed by atoms with E-state index in [0.717, 1.165) is 12.1 Å². The fourth-order valence-corrected chi connectivity index (χ4v) is 1.85. The first kappa shape index (κ1) is 12.5. The van der Waals surface area contributed by atoms with Crippen molar-refractivity contribution in [1.82, 2.24) is 5.32 Å². The molecular formula is C15H17NO2. The number of phenols is 2. The van der Waals surface area contributed by atoms with Crippen LogP contribution in [0.4, 0.5) is 0 Å². The Balaban J connectivity index is 2.01. The lowest BCUT2D eigenvalue weighted by Gasteiger charge is -2.15. The largest absolute Gasteiger partial charge is 0.508 e. The molecule has 0 fully saturated rings. The van der Waals surface area contributed by atoms with Crippen molar-refractivity contribution in [3.63, 3.8) is 0 Å². The molecule has 1 atom stereocenters. The molecule has 0 heterocycles. The van der Waals surface area contributed by atoms with E-state index < -0.39 is 0 Å². The highest BCUT2D eigenvalue weighted by Gasteiger charge is 2.07. The molecule has 0 aromatic heterocycles. The van der Waals surface area contributed by atoms with Crippen LogP contribution in [-0.2, 0) is 6.54 Å². The van der Waals surface area contributed by atoms with Gasteiger partial charge < -0.3 is 15.5 Å². The molecule has 0 saturated heterocycles. The first-order valence-corrected chi connectivity index (χ1v) is 5.95. The molecule has 18 heavy (non-hydrogen) atoms. The second-order valence-corrected chi connectivity index (χ2v) is 4.37. The third-order valence-electron chi connectivity index (χ3n) is 2.88. The van der Waals surface area contributed by atoms with Gasteiger partial charge in [0.1, 0.15) is 11.5 Å². The molecule has 3 heteroatoms. The highest BCUT2D eigenvalue weighted by molar-refractivity contribution is 5.38. The van der Waals surface area contributed by atoms with Gasteiger partial charge in [-0.1, -0.05) is 30.3 Å². The van der Waals surface area contributed by atoms with Crippen molar-refractivity contribution >= 4 is 0 Å². The molecule has 0 spiro atoms. The van der Waals surface area contributed by atoms with Crippen LogP contribution in [0.5, 0.6) is 11.5 Å². The van der Waals surface area contributed by atoms with E-state index in [-0.39, 0.29) is 17.5 Å². The molecular weight excluding hydrogens is 226 g/mol. The Morgan fingerprint density at radius 3 is 2.22 bits per heavy atom. The lowest BCUT2D eigenvalue weighted by atomic mass is 10.1. The standard InChI is InChI=1S/C15H17NO2/c1-11(13-7-14(17)9-15(18)8-13)16-10-12-5-3-2-4-6-12/h2-9,11,16-18H,10H2,1H3. The number of benzene rings is 2. The van der Waals surface area contributed by atoms with E-state index in [1.165, 1.54) is 11.6 Å². The number of hydrogen-bond donors (Lipinski definition) is 3. The Kier molecular flexibility index (Phi) is 3.85. The van der Waals surface area contributed by atoms with E-state index in [1.807, 2.05) is 25.1 Å². The normalized spacial score (nSPS) is 12.3. The summed E-state index contributed by atoms with van der Waals surface area (Å²) < 4.78 is 0. The molecule has 0 radical (unpaired) electrons. The van der Waals surface area contributed by atoms with E-state index in [4.69, 9.17) is 0 Å². The summed E-state index contributed by atoms with van der Waals surface area (Å²) in [6.45, 7) is 2.75. The third-order valence-corrected chi connectivity index (χ3v) is 2.88. The minimum absolute atomic E-state index is 0.0585. The minimum Gasteiger partial charge on any atom is -0.508 e. The molecule has 3 N–H and O–H groups in total. The Hall–Kier alpha value is -2.00. The highest BCUT2D eigenvalue weighted by atomic mass is 16.3. The zero-order chi connectivity index (χ0) is 13.0. The smallest absolute Gasteiger partial charge is 0.119 e. The van der Waals surface area contributed by atoms with Crippen LogP contribution in [0.2, 0.25) is 0 Å². The van der Waals surface area contributed by atoms with E-state index in [2.05, 4.69) is 17.4 Å². The number of phenolic OH excluding ortho intramolecular Hbond substituents is 2. The molecule has 2 aromatic carbocycles. The molecule has 0 bridgehead atoms. The molecule has 0 amide bonds. The van der Waals surface area contributed by atoms with Crippen LogP contribution in [-0.4, -0.2) is 10.2 Å². The first-order chi connectivity index (χ1) is 8.65. The lowest BCUT2D eigenvalue weighted by Crippen LogP contribution is -2.17. The van der Waals surface area contributed by atoms with Gasteiger partial charge in [-0.2, -0.15) is 0 Å². The van der Waals surface area contributed by atoms with Crippen molar-refractivity contribution < 1.29 is 10.2 Å². The summed E-state index contributed by atoms with van der Waals surface area (Å²) in [4.78, 5) is 0. The van der Waals surface area contributed by atoms with Crippen molar-refractivity contribution in [2.45, 2.75) is 19.5 Å². The molecule has 3 nitrogen and oxygen atoms in total. The third kappa shape index (κ3) is 3.25. The summed E-state index contributed by atoms with van der Waals surface area (Å²) >= 11 is 0. The number of aromatic hydroxyl groups is 2. The quantitative estimate of drug-likeness (QED) is 0.773. The van der Waals surface area contributed by atoms with Crippen molar-refractivity contribution in [2.75, 3.05) is 0 Å². The predicted octanol–water partition coefficient (Wildman–Crippen LogP) is 2.95. The zero-order valence-electron chi connectivity index (χ0n) is 10.3. The number of nitrogens with one attached hydrogen (secondary N) is 1. The molecule has 0 aliphatic heterocycles. The van der Waals surface area contributed by atoms with Gasteiger partial charge in [0, 0.05) is 18.7 Å². The zero-order valence-corrected chi connectivity index (χ0v) is 10.3. The highest BCUT2D eigenvalue weighted by Crippen LogP contribution is 2.24. The van der Waals surface area contributed by atoms with Gasteiger partial charge in [0.25, 0.3) is 0 Å². The van der Waals surface area contributed by atoms with Crippen LogP contribution in [0.3, 0.4) is 0 Å². The van der Waals surface area contributed by atoms with Crippen LogP contribution in [0.1, 0.15) is 24.1 Å². The maximum absolute atomic E-state index is 9.44. The molecule has 2 rings (SSSR count). The Bertz CT molecular complexity index is 491. The average molecular weight is 243 g/mol. The molecule has 0 aliphatic carbocycles. The first-order valence-electron chi connectivity index (χ1n) is 5.95. The maximum Gasteiger partial charge on any atom is 0.119 e. The summed E-state index contributed by atoms with van der Waals surface area (Å²) in [6.07, 6.45) is 0. The Morgan fingerprint density at radius 1 is 1.00 bits per heavy atom. The van der Waals surface area contributed by atoms with Crippen molar-refractivity contribution in [1.29, 1.82) is 0 Å². The molecule has 1 unspecified atom stereocenters. The van der Waals surface area contributed by atoms with Crippen LogP contribution in [0.15, 0.2) is 48.5 Å². The summed E-state index contributed by atoms with van der Waals surface area (Å²) in [5.41, 5.74) is 2.07. The van der Waals surface area contributed by atoms with Gasteiger partial charge in [0.05, 0.1) is 0 Å². The maximum atomic E-state index is 9.44. The van der Waals surface area contributed by atoms with E-state index >= 15 is 0 Å². The predicted molar refractivity (Wildman–Crippen MR) is 71.5 cm³/mol.